The molecule has 0 spiro atoms. The van der Waals surface area contributed by atoms with Crippen LogP contribution < -0.4 is 0 Å². The summed E-state index contributed by atoms with van der Waals surface area (Å²) in [5.74, 6) is 3.91. The Bertz CT molecular complexity index is 1670. The summed E-state index contributed by atoms with van der Waals surface area (Å²) in [5.41, 5.74) is -0.169. The first-order valence-electron chi connectivity index (χ1n) is 24.1. The average Bonchev–Trinajstić information content (AvgIpc) is 3.16. The number of halogens is 3. The summed E-state index contributed by atoms with van der Waals surface area (Å²) in [6.45, 7) is 38.0. The Labute approximate surface area is 467 Å². The number of nitrogens with zero attached hydrogens (tertiary/aromatic N) is 4. The smallest absolute Gasteiger partial charge is 0.358 e. The molecule has 0 amide bonds. The van der Waals surface area contributed by atoms with Crippen LogP contribution in [0.4, 0.5) is 12.6 Å². The van der Waals surface area contributed by atoms with Gasteiger partial charge in [0.2, 0.25) is 7.29 Å². The van der Waals surface area contributed by atoms with E-state index in [0.717, 1.165) is 83.4 Å². The molecule has 0 N–H and O–H groups in total. The Balaban J connectivity index is -0.000000117. The fraction of sp³-hybridized carbons (Fsp3) is 0.957. The van der Waals surface area contributed by atoms with Gasteiger partial charge in [-0.2, -0.15) is 17.9 Å². The van der Waals surface area contributed by atoms with Crippen molar-refractivity contribution >= 4 is 66.2 Å². The van der Waals surface area contributed by atoms with Gasteiger partial charge in [0.15, 0.2) is 0 Å². The summed E-state index contributed by atoms with van der Waals surface area (Å²) in [6.07, 6.45) is 4.35. The maximum absolute atomic E-state index is 12.5. The molecule has 15 nitrogen and oxygen atoms in total. The van der Waals surface area contributed by atoms with Crippen LogP contribution in [0.5, 0.6) is 0 Å². The Morgan fingerprint density at radius 3 is 1.32 bits per heavy atom. The molecule has 0 heterocycles. The van der Waals surface area contributed by atoms with Gasteiger partial charge in [0.05, 0.1) is 31.5 Å². The molecule has 0 aliphatic heterocycles. The van der Waals surface area contributed by atoms with Gasteiger partial charge in [0.25, 0.3) is 13.1 Å². The third kappa shape index (κ3) is 66.0. The monoisotopic (exact) mass is 1250 g/mol. The molecule has 0 aromatic rings. The van der Waals surface area contributed by atoms with Gasteiger partial charge in [0.1, 0.15) is 5.81 Å². The van der Waals surface area contributed by atoms with Crippen LogP contribution >= 0.6 is 66.2 Å². The fourth-order valence-corrected chi connectivity index (χ4v) is 13.7. The van der Waals surface area contributed by atoms with E-state index in [4.69, 9.17) is 23.4 Å². The normalized spacial score (nSPS) is 18.0. The quantitative estimate of drug-likeness (QED) is 0.0656. The van der Waals surface area contributed by atoms with Gasteiger partial charge in [-0.1, -0.05) is 97.9 Å². The summed E-state index contributed by atoms with van der Waals surface area (Å²) in [6, 6.07) is 1.06. The van der Waals surface area contributed by atoms with Crippen molar-refractivity contribution in [1.29, 1.82) is 5.26 Å². The summed E-state index contributed by atoms with van der Waals surface area (Å²) < 4.78 is 129. The van der Waals surface area contributed by atoms with Gasteiger partial charge in [-0.05, 0) is 107 Å². The molecule has 0 aromatic heterocycles. The Morgan fingerprint density at radius 2 is 1.07 bits per heavy atom. The van der Waals surface area contributed by atoms with E-state index in [1.165, 1.54) is 40.5 Å². The van der Waals surface area contributed by atoms with E-state index in [1.807, 2.05) is 27.7 Å². The van der Waals surface area contributed by atoms with Gasteiger partial charge in [-0.15, -0.1) is 0 Å². The third-order valence-corrected chi connectivity index (χ3v) is 21.1. The molecule has 7 atom stereocenters. The molecule has 1 radical (unpaired) electrons. The SMILES string of the molecule is C.CC(C)OP(C)(=O)F.CC(OP(C)(=O)F)C(C)(C)C.CCN(CC)CCSP(C)(=O)OCC(C)C.CCOP(C)(=O)SCCN(C(C)C)C(C)C.CN(C)P(C)(=O)C#N.CP(=O)(F)OC1CCCCC1.[CH3-].[V]. The molecule has 1 rings (SSSR count). The summed E-state index contributed by atoms with van der Waals surface area (Å²) in [7, 11) is -10.6. The van der Waals surface area contributed by atoms with Crippen molar-refractivity contribution in [3.63, 3.8) is 0 Å². The number of hydrogen-bond donors (Lipinski definition) is 0. The van der Waals surface area contributed by atoms with Crippen molar-refractivity contribution in [3.8, 4) is 5.81 Å². The predicted octanol–water partition coefficient (Wildman–Crippen LogP) is 17.8. The summed E-state index contributed by atoms with van der Waals surface area (Å²) in [5, 5.41) is 8.21. The van der Waals surface area contributed by atoms with Crippen molar-refractivity contribution in [1.82, 2.24) is 14.5 Å². The zero-order valence-electron chi connectivity index (χ0n) is 49.0. The van der Waals surface area contributed by atoms with Gasteiger partial charge < -0.3 is 34.9 Å². The maximum atomic E-state index is 12.5. The molecule has 27 heteroatoms. The largest absolute Gasteiger partial charge is 0.364 e. The van der Waals surface area contributed by atoms with E-state index < -0.39 is 43.5 Å². The van der Waals surface area contributed by atoms with Crippen LogP contribution in [0.25, 0.3) is 0 Å². The van der Waals surface area contributed by atoms with Crippen LogP contribution in [-0.2, 0) is 68.6 Å². The van der Waals surface area contributed by atoms with E-state index in [1.54, 1.807) is 54.0 Å². The first-order valence-corrected chi connectivity index (χ1v) is 39.4. The van der Waals surface area contributed by atoms with Crippen molar-refractivity contribution in [2.75, 3.05) is 105 Å². The minimum atomic E-state index is -3.82. The fourth-order valence-electron chi connectivity index (χ4n) is 5.24. The van der Waals surface area contributed by atoms with Gasteiger partial charge in [-0.3, -0.25) is 32.3 Å². The van der Waals surface area contributed by atoms with Crippen LogP contribution in [0.1, 0.15) is 143 Å². The minimum Gasteiger partial charge on any atom is -0.358 e. The minimum absolute atomic E-state index is 0. The van der Waals surface area contributed by atoms with E-state index in [-0.39, 0.29) is 57.1 Å². The van der Waals surface area contributed by atoms with Gasteiger partial charge in [0, 0.05) is 95.2 Å². The Morgan fingerprint density at radius 1 is 0.671 bits per heavy atom. The molecule has 1 saturated carbocycles. The zero-order valence-corrected chi connectivity index (χ0v) is 57.4. The Hall–Kier alpha value is 1.62. The zero-order chi connectivity index (χ0) is 56.5. The average molecular weight is 1250 g/mol. The first kappa shape index (κ1) is 91.1. The van der Waals surface area contributed by atoms with Crippen LogP contribution in [0.2, 0.25) is 0 Å². The molecule has 73 heavy (non-hydrogen) atoms. The molecule has 447 valence electrons. The Kier molecular flexibility index (Phi) is 57.7. The second-order valence-corrected chi connectivity index (χ2v) is 37.8. The molecular weight excluding hydrogens is 1140 g/mol. The van der Waals surface area contributed by atoms with Crippen LogP contribution in [0, 0.1) is 29.8 Å². The number of hydrogen-bond acceptors (Lipinski definition) is 16. The van der Waals surface area contributed by atoms with Gasteiger partial charge >= 0.3 is 23.0 Å². The van der Waals surface area contributed by atoms with Crippen molar-refractivity contribution in [2.45, 2.75) is 174 Å². The van der Waals surface area contributed by atoms with Crippen molar-refractivity contribution in [3.05, 3.63) is 7.43 Å². The molecule has 0 saturated heterocycles. The molecule has 1 aliphatic rings. The second kappa shape index (κ2) is 46.3. The maximum Gasteiger partial charge on any atom is 0.364 e. The first-order chi connectivity index (χ1) is 31.3. The van der Waals surface area contributed by atoms with Crippen LogP contribution in [-0.4, -0.2) is 150 Å². The molecule has 1 fully saturated rings. The molecule has 1 aliphatic carbocycles. The standard InChI is InChI=1S/2C11H26NO2PS.C7H14FO2P.C7H16FO2P.C4H10FO2P.C4H9N2OP.CH4.CH3.V/c1-7-14-15(6,13)16-9-8-12(10(2)3)11(4)5;1-6-12(7-2)8-9-16-15(5,13)14-10-11(3)4;1-11(8,9)10-7-5-3-2-4-6-7;1-6(7(2,3)4)10-11(5,8)9;1-4(2)7-8(3,5)6;1-6(2)8(3,7)4-5;;;/h10-11H,7-9H2,1-6H3;11H,6-10H2,1-5H3;7H,2-6H2,1H3;6H,1-5H3;4H,1-3H3;1-3H3;1H4;1H3;/q;;;;;;;-1;. The topological polar surface area (TPSA) is 182 Å². The van der Waals surface area contributed by atoms with Crippen LogP contribution in [0.15, 0.2) is 0 Å². The molecular formula is C46H108F3N4O11P6S2V-. The van der Waals surface area contributed by atoms with E-state index >= 15 is 0 Å². The summed E-state index contributed by atoms with van der Waals surface area (Å²) >= 11 is 2.93. The summed E-state index contributed by atoms with van der Waals surface area (Å²) in [4.78, 5) is 4.73. The third-order valence-electron chi connectivity index (χ3n) is 9.44. The molecule has 7 unspecified atom stereocenters. The van der Waals surface area contributed by atoms with Crippen molar-refractivity contribution < 1.29 is 81.2 Å². The molecule has 0 aromatic carbocycles. The predicted molar refractivity (Wildman–Crippen MR) is 313 cm³/mol. The number of rotatable bonds is 24. The van der Waals surface area contributed by atoms with Crippen molar-refractivity contribution in [2.24, 2.45) is 11.3 Å². The van der Waals surface area contributed by atoms with E-state index in [9.17, 15) is 40.0 Å². The van der Waals surface area contributed by atoms with Crippen LogP contribution in [0.3, 0.4) is 0 Å². The van der Waals surface area contributed by atoms with E-state index in [2.05, 4.69) is 69.7 Å². The number of nitriles is 1. The van der Waals surface area contributed by atoms with Gasteiger partial charge in [-0.25, -0.2) is 4.67 Å². The van der Waals surface area contributed by atoms with E-state index in [0.29, 0.717) is 31.2 Å². The second-order valence-electron chi connectivity index (χ2n) is 19.5. The molecule has 0 bridgehead atoms.